The molecule has 1 unspecified atom stereocenters. The predicted molar refractivity (Wildman–Crippen MR) is 143 cm³/mol. The normalized spacial score (nSPS) is 12.0. The number of nitrogens with zero attached hydrogens (tertiary/aromatic N) is 1. The standard InChI is InChI=1S/C28H30BrClN2O3/c1-28(2,3)31-27(34)24(16-20-10-6-4-7-11-20)32(18-21-12-8-5-9-13-21)26(33)19-35-25-15-14-22(30)17-23(25)29/h4-15,17,24H,16,18-19H2,1-3H3,(H,31,34). The summed E-state index contributed by atoms with van der Waals surface area (Å²) in [4.78, 5) is 28.7. The van der Waals surface area contributed by atoms with Crippen LogP contribution in [0.4, 0.5) is 0 Å². The molecule has 0 spiro atoms. The molecule has 35 heavy (non-hydrogen) atoms. The van der Waals surface area contributed by atoms with Gasteiger partial charge in [-0.05, 0) is 66.0 Å². The van der Waals surface area contributed by atoms with E-state index >= 15 is 0 Å². The summed E-state index contributed by atoms with van der Waals surface area (Å²) in [5.74, 6) is 0.000152. The summed E-state index contributed by atoms with van der Waals surface area (Å²) in [6.45, 7) is 5.83. The molecule has 0 saturated heterocycles. The Morgan fingerprint density at radius 1 is 0.971 bits per heavy atom. The summed E-state index contributed by atoms with van der Waals surface area (Å²) in [5, 5.41) is 3.61. The van der Waals surface area contributed by atoms with Crippen LogP contribution in [-0.4, -0.2) is 34.9 Å². The van der Waals surface area contributed by atoms with E-state index in [4.69, 9.17) is 16.3 Å². The molecule has 0 aliphatic carbocycles. The van der Waals surface area contributed by atoms with Crippen molar-refractivity contribution >= 4 is 39.3 Å². The van der Waals surface area contributed by atoms with Crippen LogP contribution in [0, 0.1) is 0 Å². The highest BCUT2D eigenvalue weighted by molar-refractivity contribution is 9.10. The molecule has 0 radical (unpaired) electrons. The van der Waals surface area contributed by atoms with E-state index in [-0.39, 0.29) is 25.0 Å². The molecule has 0 fully saturated rings. The van der Waals surface area contributed by atoms with E-state index in [0.29, 0.717) is 21.7 Å². The highest BCUT2D eigenvalue weighted by Gasteiger charge is 2.32. The van der Waals surface area contributed by atoms with Gasteiger partial charge in [0.25, 0.3) is 5.91 Å². The number of halogens is 2. The molecule has 0 aliphatic rings. The molecule has 5 nitrogen and oxygen atoms in total. The van der Waals surface area contributed by atoms with E-state index in [0.717, 1.165) is 11.1 Å². The van der Waals surface area contributed by atoms with Gasteiger partial charge in [0.15, 0.2) is 6.61 Å². The summed E-state index contributed by atoms with van der Waals surface area (Å²) in [6.07, 6.45) is 0.381. The number of amides is 2. The van der Waals surface area contributed by atoms with Crippen LogP contribution in [0.25, 0.3) is 0 Å². The minimum atomic E-state index is -0.721. The van der Waals surface area contributed by atoms with Crippen molar-refractivity contribution in [1.82, 2.24) is 10.2 Å². The van der Waals surface area contributed by atoms with Crippen LogP contribution in [0.3, 0.4) is 0 Å². The Hall–Kier alpha value is -2.83. The highest BCUT2D eigenvalue weighted by Crippen LogP contribution is 2.28. The second-order valence-corrected chi connectivity index (χ2v) is 10.6. The molecule has 0 saturated carbocycles. The fourth-order valence-corrected chi connectivity index (χ4v) is 4.40. The smallest absolute Gasteiger partial charge is 0.261 e. The van der Waals surface area contributed by atoms with Crippen molar-refractivity contribution in [3.05, 3.63) is 99.5 Å². The number of carbonyl (C=O) groups excluding carboxylic acids is 2. The molecule has 1 atom stereocenters. The lowest BCUT2D eigenvalue weighted by Gasteiger charge is -2.33. The van der Waals surface area contributed by atoms with Crippen LogP contribution in [0.1, 0.15) is 31.9 Å². The van der Waals surface area contributed by atoms with E-state index < -0.39 is 11.6 Å². The summed E-state index contributed by atoms with van der Waals surface area (Å²) in [6, 6.07) is 23.7. The maximum Gasteiger partial charge on any atom is 0.261 e. The first-order valence-electron chi connectivity index (χ1n) is 11.4. The molecule has 3 aromatic rings. The second-order valence-electron chi connectivity index (χ2n) is 9.32. The van der Waals surface area contributed by atoms with Gasteiger partial charge in [-0.3, -0.25) is 9.59 Å². The molecule has 0 bridgehead atoms. The minimum absolute atomic E-state index is 0.210. The zero-order chi connectivity index (χ0) is 25.4. The van der Waals surface area contributed by atoms with E-state index in [1.165, 1.54) is 0 Å². The van der Waals surface area contributed by atoms with Crippen LogP contribution in [-0.2, 0) is 22.6 Å². The van der Waals surface area contributed by atoms with Gasteiger partial charge in [0.05, 0.1) is 4.47 Å². The van der Waals surface area contributed by atoms with Gasteiger partial charge in [-0.1, -0.05) is 72.3 Å². The van der Waals surface area contributed by atoms with E-state index in [1.54, 1.807) is 23.1 Å². The summed E-state index contributed by atoms with van der Waals surface area (Å²) in [7, 11) is 0. The third kappa shape index (κ3) is 8.41. The lowest BCUT2D eigenvalue weighted by atomic mass is 10.0. The first-order valence-corrected chi connectivity index (χ1v) is 12.6. The van der Waals surface area contributed by atoms with Gasteiger partial charge in [-0.25, -0.2) is 0 Å². The van der Waals surface area contributed by atoms with E-state index in [2.05, 4.69) is 21.2 Å². The molecule has 3 rings (SSSR count). The van der Waals surface area contributed by atoms with Gasteiger partial charge in [-0.2, -0.15) is 0 Å². The van der Waals surface area contributed by atoms with E-state index in [1.807, 2.05) is 81.4 Å². The number of carbonyl (C=O) groups is 2. The quantitative estimate of drug-likeness (QED) is 0.349. The van der Waals surface area contributed by atoms with Crippen molar-refractivity contribution in [2.45, 2.75) is 45.3 Å². The van der Waals surface area contributed by atoms with Crippen LogP contribution < -0.4 is 10.1 Å². The van der Waals surface area contributed by atoms with Crippen molar-refractivity contribution in [1.29, 1.82) is 0 Å². The lowest BCUT2D eigenvalue weighted by Crippen LogP contribution is -2.55. The summed E-state index contributed by atoms with van der Waals surface area (Å²) < 4.78 is 6.48. The molecule has 0 aromatic heterocycles. The molecule has 2 amide bonds. The third-order valence-corrected chi connectivity index (χ3v) is 6.06. The maximum atomic E-state index is 13.6. The van der Waals surface area contributed by atoms with Gasteiger partial charge in [0.2, 0.25) is 5.91 Å². The first-order chi connectivity index (χ1) is 16.6. The van der Waals surface area contributed by atoms with Crippen molar-refractivity contribution < 1.29 is 14.3 Å². The Morgan fingerprint density at radius 2 is 1.57 bits per heavy atom. The number of hydrogen-bond acceptors (Lipinski definition) is 3. The summed E-state index contributed by atoms with van der Waals surface area (Å²) in [5.41, 5.74) is 1.45. The van der Waals surface area contributed by atoms with Gasteiger partial charge < -0.3 is 15.0 Å². The second kappa shape index (κ2) is 12.2. The largest absolute Gasteiger partial charge is 0.483 e. The van der Waals surface area contributed by atoms with E-state index in [9.17, 15) is 9.59 Å². The van der Waals surface area contributed by atoms with Crippen molar-refractivity contribution in [3.8, 4) is 5.75 Å². The van der Waals surface area contributed by atoms with Gasteiger partial charge in [0.1, 0.15) is 11.8 Å². The topological polar surface area (TPSA) is 58.6 Å². The van der Waals surface area contributed by atoms with Gasteiger partial charge in [0, 0.05) is 23.5 Å². The van der Waals surface area contributed by atoms with Crippen LogP contribution in [0.15, 0.2) is 83.3 Å². The Bertz CT molecular complexity index is 1130. The molecular weight excluding hydrogens is 528 g/mol. The molecule has 7 heteroatoms. The zero-order valence-corrected chi connectivity index (χ0v) is 22.5. The monoisotopic (exact) mass is 556 g/mol. The van der Waals surface area contributed by atoms with Crippen LogP contribution >= 0.6 is 27.5 Å². The number of nitrogens with one attached hydrogen (secondary N) is 1. The van der Waals surface area contributed by atoms with Crippen molar-refractivity contribution in [2.75, 3.05) is 6.61 Å². The number of hydrogen-bond donors (Lipinski definition) is 1. The fraction of sp³-hybridized carbons (Fsp3) is 0.286. The molecular formula is C28H30BrClN2O3. The molecule has 0 aliphatic heterocycles. The third-order valence-electron chi connectivity index (χ3n) is 5.21. The van der Waals surface area contributed by atoms with Crippen LogP contribution in [0.2, 0.25) is 5.02 Å². The summed E-state index contributed by atoms with van der Waals surface area (Å²) >= 11 is 9.44. The molecule has 184 valence electrons. The fourth-order valence-electron chi connectivity index (χ4n) is 3.60. The predicted octanol–water partition coefficient (Wildman–Crippen LogP) is 6.04. The molecule has 0 heterocycles. The Balaban J connectivity index is 1.91. The zero-order valence-electron chi connectivity index (χ0n) is 20.1. The van der Waals surface area contributed by atoms with Gasteiger partial charge >= 0.3 is 0 Å². The van der Waals surface area contributed by atoms with Crippen LogP contribution in [0.5, 0.6) is 5.75 Å². The Labute approximate surface area is 220 Å². The molecule has 3 aromatic carbocycles. The lowest BCUT2D eigenvalue weighted by molar-refractivity contribution is -0.143. The van der Waals surface area contributed by atoms with Crippen molar-refractivity contribution in [2.24, 2.45) is 0 Å². The Kier molecular flexibility index (Phi) is 9.35. The average molecular weight is 558 g/mol. The number of benzene rings is 3. The first kappa shape index (κ1) is 26.8. The minimum Gasteiger partial charge on any atom is -0.483 e. The number of ether oxygens (including phenoxy) is 1. The maximum absolute atomic E-state index is 13.6. The van der Waals surface area contributed by atoms with Crippen molar-refractivity contribution in [3.63, 3.8) is 0 Å². The average Bonchev–Trinajstić information content (AvgIpc) is 2.81. The Morgan fingerprint density at radius 3 is 2.14 bits per heavy atom. The highest BCUT2D eigenvalue weighted by atomic mass is 79.9. The number of rotatable bonds is 9. The van der Waals surface area contributed by atoms with Gasteiger partial charge in [-0.15, -0.1) is 0 Å². The molecule has 1 N–H and O–H groups in total. The SMILES string of the molecule is CC(C)(C)NC(=O)C(Cc1ccccc1)N(Cc1ccccc1)C(=O)COc1ccc(Cl)cc1Br.